The largest absolute Gasteiger partial charge is 0.338 e. The summed E-state index contributed by atoms with van der Waals surface area (Å²) in [5.74, 6) is 1.39. The maximum absolute atomic E-state index is 5.39. The molecule has 0 saturated carbocycles. The van der Waals surface area contributed by atoms with Crippen molar-refractivity contribution in [2.75, 3.05) is 0 Å². The maximum Gasteiger partial charge on any atom is 0.243 e. The van der Waals surface area contributed by atoms with Gasteiger partial charge in [-0.05, 0) is 29.3 Å². The molecule has 116 valence electrons. The normalized spacial score (nSPS) is 13.6. The third kappa shape index (κ3) is 3.05. The molecule has 0 saturated heterocycles. The minimum absolute atomic E-state index is 0.0299. The number of nitrogens with zero attached hydrogens (tertiary/aromatic N) is 2. The van der Waals surface area contributed by atoms with Crippen LogP contribution in [0.5, 0.6) is 0 Å². The van der Waals surface area contributed by atoms with Gasteiger partial charge in [-0.1, -0.05) is 44.1 Å². The van der Waals surface area contributed by atoms with Gasteiger partial charge in [-0.15, -0.1) is 11.3 Å². The van der Waals surface area contributed by atoms with Gasteiger partial charge in [-0.3, -0.25) is 0 Å². The van der Waals surface area contributed by atoms with Gasteiger partial charge in [0.2, 0.25) is 5.89 Å². The van der Waals surface area contributed by atoms with Crippen LogP contribution in [0.3, 0.4) is 0 Å². The van der Waals surface area contributed by atoms with Crippen LogP contribution < -0.4 is 5.32 Å². The minimum atomic E-state index is -0.0922. The van der Waals surface area contributed by atoms with Crippen LogP contribution in [0.2, 0.25) is 0 Å². The van der Waals surface area contributed by atoms with Crippen LogP contribution in [-0.4, -0.2) is 10.1 Å². The van der Waals surface area contributed by atoms with Crippen molar-refractivity contribution in [2.45, 2.75) is 45.7 Å². The second kappa shape index (κ2) is 5.82. The molecule has 0 fully saturated rings. The van der Waals surface area contributed by atoms with E-state index in [0.717, 1.165) is 12.4 Å². The summed E-state index contributed by atoms with van der Waals surface area (Å²) in [6.07, 6.45) is 0. The van der Waals surface area contributed by atoms with Crippen molar-refractivity contribution in [1.82, 2.24) is 15.5 Å². The molecule has 2 heterocycles. The first kappa shape index (κ1) is 15.2. The Morgan fingerprint density at radius 2 is 2.05 bits per heavy atom. The molecule has 22 heavy (non-hydrogen) atoms. The molecular weight excluding hydrogens is 294 g/mol. The van der Waals surface area contributed by atoms with E-state index in [2.05, 4.69) is 72.8 Å². The summed E-state index contributed by atoms with van der Waals surface area (Å²) in [5, 5.41) is 11.1. The zero-order valence-electron chi connectivity index (χ0n) is 13.4. The van der Waals surface area contributed by atoms with Crippen LogP contribution in [0.4, 0.5) is 0 Å². The van der Waals surface area contributed by atoms with Gasteiger partial charge in [0.15, 0.2) is 5.82 Å². The summed E-state index contributed by atoms with van der Waals surface area (Å²) in [6.45, 7) is 9.08. The topological polar surface area (TPSA) is 51.0 Å². The van der Waals surface area contributed by atoms with Crippen molar-refractivity contribution in [3.05, 3.63) is 46.9 Å². The average Bonchev–Trinajstić information content (AvgIpc) is 3.11. The Hall–Kier alpha value is -1.72. The summed E-state index contributed by atoms with van der Waals surface area (Å²) in [6, 6.07) is 8.50. The van der Waals surface area contributed by atoms with Gasteiger partial charge in [0.1, 0.15) is 0 Å². The molecule has 0 spiro atoms. The molecule has 1 N–H and O–H groups in total. The van der Waals surface area contributed by atoms with Crippen LogP contribution in [0.1, 0.15) is 51.0 Å². The van der Waals surface area contributed by atoms with Crippen LogP contribution in [0.25, 0.3) is 10.1 Å². The number of thiophene rings is 1. The quantitative estimate of drug-likeness (QED) is 0.773. The lowest BCUT2D eigenvalue weighted by Gasteiger charge is -2.11. The summed E-state index contributed by atoms with van der Waals surface area (Å²) >= 11 is 1.78. The molecule has 5 heteroatoms. The summed E-state index contributed by atoms with van der Waals surface area (Å²) in [5.41, 5.74) is 1.22. The fourth-order valence-corrected chi connectivity index (χ4v) is 3.20. The molecule has 0 aliphatic heterocycles. The number of hydrogen-bond donors (Lipinski definition) is 1. The SMILES string of the molecule is CC(NCc1csc2ccccc12)c1nc(C(C)(C)C)no1. The van der Waals surface area contributed by atoms with E-state index in [4.69, 9.17) is 4.52 Å². The molecule has 0 amide bonds. The van der Waals surface area contributed by atoms with E-state index in [1.165, 1.54) is 15.6 Å². The lowest BCUT2D eigenvalue weighted by molar-refractivity contribution is 0.330. The third-order valence-electron chi connectivity index (χ3n) is 3.64. The van der Waals surface area contributed by atoms with Gasteiger partial charge in [0.05, 0.1) is 6.04 Å². The zero-order valence-corrected chi connectivity index (χ0v) is 14.2. The lowest BCUT2D eigenvalue weighted by Crippen LogP contribution is -2.19. The first-order valence-electron chi connectivity index (χ1n) is 7.48. The number of benzene rings is 1. The molecule has 0 bridgehead atoms. The average molecular weight is 315 g/mol. The summed E-state index contributed by atoms with van der Waals surface area (Å²) in [4.78, 5) is 4.51. The van der Waals surface area contributed by atoms with Crippen LogP contribution in [0, 0.1) is 0 Å². The fraction of sp³-hybridized carbons (Fsp3) is 0.412. The number of aromatic nitrogens is 2. The zero-order chi connectivity index (χ0) is 15.7. The molecule has 0 aliphatic carbocycles. The first-order chi connectivity index (χ1) is 10.4. The molecule has 1 unspecified atom stereocenters. The molecule has 4 nitrogen and oxygen atoms in total. The van der Waals surface area contributed by atoms with E-state index >= 15 is 0 Å². The summed E-state index contributed by atoms with van der Waals surface area (Å²) in [7, 11) is 0. The molecular formula is C17H21N3OS. The van der Waals surface area contributed by atoms with Crippen molar-refractivity contribution < 1.29 is 4.52 Å². The van der Waals surface area contributed by atoms with E-state index in [1.54, 1.807) is 11.3 Å². The van der Waals surface area contributed by atoms with Crippen LogP contribution in [-0.2, 0) is 12.0 Å². The predicted octanol–water partition coefficient (Wildman–Crippen LogP) is 4.43. The Labute approximate surface area is 134 Å². The van der Waals surface area contributed by atoms with Crippen molar-refractivity contribution in [3.63, 3.8) is 0 Å². The Bertz CT molecular complexity index is 769. The highest BCUT2D eigenvalue weighted by atomic mass is 32.1. The fourth-order valence-electron chi connectivity index (χ4n) is 2.24. The van der Waals surface area contributed by atoms with E-state index in [0.29, 0.717) is 5.89 Å². The highest BCUT2D eigenvalue weighted by Crippen LogP contribution is 2.26. The minimum Gasteiger partial charge on any atom is -0.338 e. The number of fused-ring (bicyclic) bond motifs is 1. The van der Waals surface area contributed by atoms with E-state index in [9.17, 15) is 0 Å². The van der Waals surface area contributed by atoms with Gasteiger partial charge in [0, 0.05) is 16.7 Å². The van der Waals surface area contributed by atoms with E-state index in [1.807, 2.05) is 0 Å². The number of nitrogens with one attached hydrogen (secondary N) is 1. The molecule has 0 aliphatic rings. The van der Waals surface area contributed by atoms with Gasteiger partial charge >= 0.3 is 0 Å². The molecule has 1 atom stereocenters. The Morgan fingerprint density at radius 1 is 1.27 bits per heavy atom. The van der Waals surface area contributed by atoms with E-state index in [-0.39, 0.29) is 11.5 Å². The van der Waals surface area contributed by atoms with Crippen LogP contribution >= 0.6 is 11.3 Å². The highest BCUT2D eigenvalue weighted by Gasteiger charge is 2.23. The maximum atomic E-state index is 5.39. The summed E-state index contributed by atoms with van der Waals surface area (Å²) < 4.78 is 6.71. The van der Waals surface area contributed by atoms with Gasteiger partial charge < -0.3 is 9.84 Å². The third-order valence-corrected chi connectivity index (χ3v) is 4.66. The standard InChI is InChI=1S/C17H21N3OS/c1-11(15-19-16(20-21-15)17(2,3)4)18-9-12-10-22-14-8-6-5-7-13(12)14/h5-8,10-11,18H,9H2,1-4H3. The monoisotopic (exact) mass is 315 g/mol. The Morgan fingerprint density at radius 3 is 2.77 bits per heavy atom. The second-order valence-electron chi connectivity index (χ2n) is 6.57. The Balaban J connectivity index is 1.70. The van der Waals surface area contributed by atoms with Crippen LogP contribution in [0.15, 0.2) is 34.2 Å². The molecule has 1 aromatic carbocycles. The highest BCUT2D eigenvalue weighted by molar-refractivity contribution is 7.17. The van der Waals surface area contributed by atoms with Crippen molar-refractivity contribution in [2.24, 2.45) is 0 Å². The van der Waals surface area contributed by atoms with Crippen molar-refractivity contribution in [3.8, 4) is 0 Å². The second-order valence-corrected chi connectivity index (χ2v) is 7.48. The predicted molar refractivity (Wildman–Crippen MR) is 90.1 cm³/mol. The van der Waals surface area contributed by atoms with E-state index < -0.39 is 0 Å². The molecule has 3 rings (SSSR count). The molecule has 3 aromatic rings. The molecule has 0 radical (unpaired) electrons. The van der Waals surface area contributed by atoms with Gasteiger partial charge in [0.25, 0.3) is 0 Å². The smallest absolute Gasteiger partial charge is 0.243 e. The lowest BCUT2D eigenvalue weighted by atomic mass is 9.96. The van der Waals surface area contributed by atoms with Crippen molar-refractivity contribution in [1.29, 1.82) is 0 Å². The number of hydrogen-bond acceptors (Lipinski definition) is 5. The van der Waals surface area contributed by atoms with Gasteiger partial charge in [-0.25, -0.2) is 0 Å². The van der Waals surface area contributed by atoms with Gasteiger partial charge in [-0.2, -0.15) is 4.98 Å². The number of rotatable bonds is 4. The van der Waals surface area contributed by atoms with Crippen molar-refractivity contribution >= 4 is 21.4 Å². The molecule has 2 aromatic heterocycles. The first-order valence-corrected chi connectivity index (χ1v) is 8.35. The Kier molecular flexibility index (Phi) is 4.02.